The van der Waals surface area contributed by atoms with E-state index in [0.29, 0.717) is 12.0 Å². The first-order valence-electron chi connectivity index (χ1n) is 15.0. The molecule has 0 amide bonds. The Bertz CT molecular complexity index is 1390. The molecule has 3 N–H and O–H groups in total. The minimum Gasteiger partial charge on any atom is -0.472 e. The molecular weight excluding hydrogens is 564 g/mol. The molecule has 1 aromatic heterocycles. The maximum atomic E-state index is 13.3. The van der Waals surface area contributed by atoms with Crippen molar-refractivity contribution in [1.82, 2.24) is 0 Å². The molecule has 12 unspecified atom stereocenters. The lowest BCUT2D eigenvalue weighted by Crippen LogP contribution is -2.97. The molecule has 12 atom stereocenters. The van der Waals surface area contributed by atoms with Gasteiger partial charge in [0.25, 0.3) is 0 Å². The highest BCUT2D eigenvalue weighted by Crippen LogP contribution is 2.86. The van der Waals surface area contributed by atoms with E-state index in [2.05, 4.69) is 0 Å². The average Bonchev–Trinajstić information content (AvgIpc) is 3.61. The zero-order chi connectivity index (χ0) is 31.2. The Kier molecular flexibility index (Phi) is 5.70. The molecule has 7 fully saturated rings. The molecule has 7 aliphatic rings. The van der Waals surface area contributed by atoms with Crippen LogP contribution in [0.15, 0.2) is 23.0 Å². The fourth-order valence-electron chi connectivity index (χ4n) is 11.0. The van der Waals surface area contributed by atoms with Crippen molar-refractivity contribution in [3.63, 3.8) is 0 Å². The molecule has 2 spiro atoms. The highest BCUT2D eigenvalue weighted by molar-refractivity contribution is 5.74. The number of furan rings is 1. The first kappa shape index (κ1) is 29.2. The number of methoxy groups -OCH3 is 1. The van der Waals surface area contributed by atoms with Gasteiger partial charge in [0.05, 0.1) is 32.0 Å². The van der Waals surface area contributed by atoms with Crippen LogP contribution in [0.1, 0.15) is 78.4 Å². The van der Waals surface area contributed by atoms with Crippen LogP contribution >= 0.6 is 0 Å². The Morgan fingerprint density at radius 3 is 2.47 bits per heavy atom. The lowest BCUT2D eigenvalue weighted by Gasteiger charge is -2.80. The minimum atomic E-state index is -2.26. The van der Waals surface area contributed by atoms with E-state index in [1.54, 1.807) is 33.8 Å². The van der Waals surface area contributed by atoms with Crippen LogP contribution in [0.5, 0.6) is 0 Å². The van der Waals surface area contributed by atoms with Crippen molar-refractivity contribution in [1.29, 1.82) is 0 Å². The Morgan fingerprint density at radius 1 is 1.12 bits per heavy atom. The second-order valence-electron chi connectivity index (χ2n) is 14.8. The number of ether oxygens (including phenoxy) is 3. The third-order valence-corrected chi connectivity index (χ3v) is 13.0. The number of rotatable bonds is 5. The summed E-state index contributed by atoms with van der Waals surface area (Å²) in [5, 5.41) is 38.7. The van der Waals surface area contributed by atoms with E-state index in [0.717, 1.165) is 0 Å². The second-order valence-corrected chi connectivity index (χ2v) is 14.8. The molecule has 3 bridgehead atoms. The number of hydrogen-bond acceptors (Lipinski definition) is 12. The summed E-state index contributed by atoms with van der Waals surface area (Å²) < 4.78 is 22.3. The predicted octanol–water partition coefficient (Wildman–Crippen LogP) is 2.14. The van der Waals surface area contributed by atoms with Crippen LogP contribution in [0.3, 0.4) is 0 Å². The van der Waals surface area contributed by atoms with E-state index >= 15 is 0 Å². The molecule has 4 heterocycles. The van der Waals surface area contributed by atoms with E-state index in [-0.39, 0.29) is 25.7 Å². The molecule has 4 aliphatic carbocycles. The van der Waals surface area contributed by atoms with Crippen molar-refractivity contribution < 1.29 is 58.1 Å². The fraction of sp³-hybridized carbons (Fsp3) is 0.774. The minimum absolute atomic E-state index is 0.0295. The van der Waals surface area contributed by atoms with Gasteiger partial charge in [-0.2, -0.15) is 0 Å². The predicted molar refractivity (Wildman–Crippen MR) is 142 cm³/mol. The molecule has 0 radical (unpaired) electrons. The smallest absolute Gasteiger partial charge is 0.308 e. The van der Waals surface area contributed by atoms with E-state index in [1.165, 1.54) is 19.6 Å². The number of aliphatic hydroxyl groups is 3. The van der Waals surface area contributed by atoms with Gasteiger partial charge in [0.1, 0.15) is 29.5 Å². The molecule has 12 nitrogen and oxygen atoms in total. The summed E-state index contributed by atoms with van der Waals surface area (Å²) in [7, 11) is 1.27. The van der Waals surface area contributed by atoms with Crippen LogP contribution in [-0.2, 0) is 38.4 Å². The topological polar surface area (TPSA) is 171 Å². The summed E-state index contributed by atoms with van der Waals surface area (Å²) in [6.45, 7) is 8.77. The van der Waals surface area contributed by atoms with Gasteiger partial charge in [0.15, 0.2) is 11.2 Å². The SMILES string of the molecule is COC(=O)CC1C2(C)CC34OOC5(C6CC(=O)OC(c7ccoc7)C6(C)CCC5(O)C13C)C(O)C4(O)C2OC(=O)C(C)C. The molecule has 3 saturated heterocycles. The van der Waals surface area contributed by atoms with Crippen LogP contribution in [0.25, 0.3) is 0 Å². The zero-order valence-electron chi connectivity index (χ0n) is 25.2. The van der Waals surface area contributed by atoms with Gasteiger partial charge in [-0.05, 0) is 31.2 Å². The summed E-state index contributed by atoms with van der Waals surface area (Å²) in [4.78, 5) is 51.9. The van der Waals surface area contributed by atoms with Gasteiger partial charge in [-0.15, -0.1) is 0 Å². The molecule has 1 aromatic rings. The Balaban J connectivity index is 1.47. The van der Waals surface area contributed by atoms with Gasteiger partial charge in [-0.3, -0.25) is 14.4 Å². The molecule has 236 valence electrons. The van der Waals surface area contributed by atoms with Crippen LogP contribution in [0.4, 0.5) is 0 Å². The van der Waals surface area contributed by atoms with Gasteiger partial charge in [0.2, 0.25) is 0 Å². The van der Waals surface area contributed by atoms with Gasteiger partial charge >= 0.3 is 17.9 Å². The van der Waals surface area contributed by atoms with Crippen molar-refractivity contribution in [2.75, 3.05) is 7.11 Å². The molecule has 43 heavy (non-hydrogen) atoms. The number of aliphatic hydroxyl groups excluding tert-OH is 1. The third-order valence-electron chi connectivity index (χ3n) is 13.0. The molecular formula is C31H40O12. The van der Waals surface area contributed by atoms with Gasteiger partial charge < -0.3 is 33.9 Å². The van der Waals surface area contributed by atoms with Crippen molar-refractivity contribution in [2.24, 2.45) is 34.0 Å². The summed E-state index contributed by atoms with van der Waals surface area (Å²) in [5.74, 6) is -3.94. The molecule has 3 aliphatic heterocycles. The fourth-order valence-corrected chi connectivity index (χ4v) is 11.0. The van der Waals surface area contributed by atoms with Crippen LogP contribution in [0, 0.1) is 34.0 Å². The Morgan fingerprint density at radius 2 is 1.84 bits per heavy atom. The normalized spacial score (nSPS) is 52.4. The van der Waals surface area contributed by atoms with E-state index in [4.69, 9.17) is 28.4 Å². The van der Waals surface area contributed by atoms with Crippen LogP contribution in [0.2, 0.25) is 0 Å². The maximum absolute atomic E-state index is 13.3. The molecule has 8 rings (SSSR count). The lowest BCUT2D eigenvalue weighted by molar-refractivity contribution is -0.606. The van der Waals surface area contributed by atoms with Crippen molar-refractivity contribution in [2.45, 2.75) is 107 Å². The lowest BCUT2D eigenvalue weighted by atomic mass is 9.33. The van der Waals surface area contributed by atoms with Crippen LogP contribution < -0.4 is 0 Å². The Labute approximate surface area is 248 Å². The summed E-state index contributed by atoms with van der Waals surface area (Å²) in [5.41, 5.74) is -10.8. The van der Waals surface area contributed by atoms with Gasteiger partial charge in [0, 0.05) is 34.1 Å². The van der Waals surface area contributed by atoms with Crippen molar-refractivity contribution in [3.05, 3.63) is 24.2 Å². The standard InChI is InChI=1S/C31H40O12/c1-15(2)22(34)41-24-26(4)14-29-27(5,17(26)11-19(32)38-6)28(36)9-8-25(3)18(31(28,43-42-29)23(35)30(24,29)37)12-20(33)40-21(25)16-7-10-39-13-16/h7,10,13,15,17-18,21,23-24,35-37H,8-9,11-12,14H2,1-6H3. The highest BCUT2D eigenvalue weighted by Gasteiger charge is 3.01. The number of carbonyl (C=O) groups is 3. The monoisotopic (exact) mass is 604 g/mol. The second kappa shape index (κ2) is 8.39. The highest BCUT2D eigenvalue weighted by atomic mass is 17.2. The average molecular weight is 605 g/mol. The van der Waals surface area contributed by atoms with Gasteiger partial charge in [-0.1, -0.05) is 34.6 Å². The maximum Gasteiger partial charge on any atom is 0.308 e. The summed E-state index contributed by atoms with van der Waals surface area (Å²) in [6.07, 6.45) is -0.983. The number of cyclic esters (lactones) is 1. The van der Waals surface area contributed by atoms with Crippen LogP contribution in [-0.4, -0.2) is 74.9 Å². The quantitative estimate of drug-likeness (QED) is 0.254. The number of carbonyl (C=O) groups excluding carboxylic acids is 3. The molecule has 0 aromatic carbocycles. The third kappa shape index (κ3) is 2.81. The van der Waals surface area contributed by atoms with E-state index in [9.17, 15) is 29.7 Å². The first-order valence-corrected chi connectivity index (χ1v) is 15.0. The summed E-state index contributed by atoms with van der Waals surface area (Å²) in [6, 6.07) is 1.70. The molecule has 12 heteroatoms. The van der Waals surface area contributed by atoms with E-state index in [1.807, 2.05) is 6.92 Å². The largest absolute Gasteiger partial charge is 0.472 e. The first-order chi connectivity index (χ1) is 20.0. The zero-order valence-corrected chi connectivity index (χ0v) is 25.2. The van der Waals surface area contributed by atoms with E-state index < -0.39 is 92.6 Å². The molecule has 4 saturated carbocycles. The van der Waals surface area contributed by atoms with Crippen molar-refractivity contribution >= 4 is 17.9 Å². The number of fused-ring (bicyclic) bond motifs is 3. The van der Waals surface area contributed by atoms with Gasteiger partial charge in [-0.25, -0.2) is 9.78 Å². The Hall–Kier alpha value is -2.51. The number of esters is 3. The number of hydrogen-bond donors (Lipinski definition) is 3. The summed E-state index contributed by atoms with van der Waals surface area (Å²) >= 11 is 0. The van der Waals surface area contributed by atoms with Crippen molar-refractivity contribution in [3.8, 4) is 0 Å².